The molecule has 0 aromatic rings. The monoisotopic (exact) mass is 185 g/mol. The van der Waals surface area contributed by atoms with E-state index < -0.39 is 5.97 Å². The number of allylic oxidation sites excluding steroid dienone is 1. The molecule has 0 aromatic heterocycles. The Kier molecular flexibility index (Phi) is 4.72. The van der Waals surface area contributed by atoms with Crippen LogP contribution in [0.3, 0.4) is 0 Å². The molecule has 0 amide bonds. The summed E-state index contributed by atoms with van der Waals surface area (Å²) < 4.78 is 0. The van der Waals surface area contributed by atoms with E-state index in [0.29, 0.717) is 5.57 Å². The van der Waals surface area contributed by atoms with Crippen molar-refractivity contribution in [3.8, 4) is 0 Å². The van der Waals surface area contributed by atoms with Crippen LogP contribution in [-0.4, -0.2) is 16.8 Å². The number of carboxylic acids is 1. The molecule has 0 radical (unpaired) electrons. The molecule has 1 aliphatic rings. The fourth-order valence-electron chi connectivity index (χ4n) is 0.532. The van der Waals surface area contributed by atoms with Crippen molar-refractivity contribution in [2.24, 2.45) is 4.99 Å². The second kappa shape index (κ2) is 5.32. The predicted molar refractivity (Wildman–Crippen MR) is 49.4 cm³/mol. The van der Waals surface area contributed by atoms with Gasteiger partial charge in [0.1, 0.15) is 0 Å². The van der Waals surface area contributed by atoms with Gasteiger partial charge in [0.15, 0.2) is 5.71 Å². The lowest BCUT2D eigenvalue weighted by molar-refractivity contribution is -0.129. The first-order chi connectivity index (χ1) is 5.67. The summed E-state index contributed by atoms with van der Waals surface area (Å²) >= 11 is 4.76. The summed E-state index contributed by atoms with van der Waals surface area (Å²) in [6.07, 6.45) is 2.94. The Morgan fingerprint density at radius 3 is 2.25 bits per heavy atom. The third kappa shape index (κ3) is 2.72. The van der Waals surface area contributed by atoms with E-state index in [1.54, 1.807) is 0 Å². The Morgan fingerprint density at radius 2 is 2.17 bits per heavy atom. The Morgan fingerprint density at radius 1 is 1.67 bits per heavy atom. The molecule has 1 rings (SSSR count). The van der Waals surface area contributed by atoms with Gasteiger partial charge in [-0.15, -0.1) is 0 Å². The zero-order valence-electron chi connectivity index (χ0n) is 6.33. The molecule has 1 heterocycles. The lowest BCUT2D eigenvalue weighted by Gasteiger charge is -2.06. The highest BCUT2D eigenvalue weighted by Crippen LogP contribution is 2.09. The highest BCUT2D eigenvalue weighted by atomic mass is 35.5. The van der Waals surface area contributed by atoms with Gasteiger partial charge in [-0.3, -0.25) is 0 Å². The van der Waals surface area contributed by atoms with Crippen LogP contribution < -0.4 is 0 Å². The summed E-state index contributed by atoms with van der Waals surface area (Å²) in [7, 11) is 0. The van der Waals surface area contributed by atoms with Gasteiger partial charge in [-0.2, -0.15) is 0 Å². The molecular weight excluding hydrogens is 178 g/mol. The van der Waals surface area contributed by atoms with Crippen molar-refractivity contribution in [3.05, 3.63) is 36.5 Å². The highest BCUT2D eigenvalue weighted by Gasteiger charge is 2.17. The Hall–Kier alpha value is -1.35. The molecule has 0 bridgehead atoms. The maximum absolute atomic E-state index is 10.1. The number of carbonyl (C=O) groups is 1. The zero-order chi connectivity index (χ0) is 9.56. The van der Waals surface area contributed by atoms with Crippen LogP contribution in [0, 0.1) is 0 Å². The molecule has 0 atom stereocenters. The Labute approximate surface area is 75.4 Å². The number of rotatable bonds is 2. The molecule has 0 unspecified atom stereocenters. The molecule has 0 saturated carbocycles. The topological polar surface area (TPSA) is 49.7 Å². The van der Waals surface area contributed by atoms with Crippen molar-refractivity contribution in [1.82, 2.24) is 0 Å². The van der Waals surface area contributed by atoms with Crippen LogP contribution in [0.15, 0.2) is 41.5 Å². The van der Waals surface area contributed by atoms with Crippen molar-refractivity contribution >= 4 is 23.3 Å². The molecule has 1 N–H and O–H groups in total. The number of halogens is 1. The van der Waals surface area contributed by atoms with Gasteiger partial charge in [0.25, 0.3) is 0 Å². The third-order valence-electron chi connectivity index (χ3n) is 1.03. The van der Waals surface area contributed by atoms with Gasteiger partial charge < -0.3 is 5.11 Å². The lowest BCUT2D eigenvalue weighted by Crippen LogP contribution is -2.18. The van der Waals surface area contributed by atoms with E-state index in [1.807, 2.05) is 0 Å². The molecular formula is C8H8ClNO2. The van der Waals surface area contributed by atoms with Crippen molar-refractivity contribution < 1.29 is 9.90 Å². The van der Waals surface area contributed by atoms with Crippen LogP contribution in [0.25, 0.3) is 0 Å². The summed E-state index contributed by atoms with van der Waals surface area (Å²) in [5.41, 5.74) is 1.92. The van der Waals surface area contributed by atoms with Crippen molar-refractivity contribution in [3.63, 3.8) is 0 Å². The van der Waals surface area contributed by atoms with Gasteiger partial charge in [0.05, 0.1) is 0 Å². The molecule has 4 heteroatoms. The predicted octanol–water partition coefficient (Wildman–Crippen LogP) is 1.96. The summed E-state index contributed by atoms with van der Waals surface area (Å²) in [5, 5.41) is 8.32. The van der Waals surface area contributed by atoms with Crippen LogP contribution in [-0.2, 0) is 4.79 Å². The maximum atomic E-state index is 10.1. The summed E-state index contributed by atoms with van der Waals surface area (Å²) in [6.45, 7) is 6.53. The van der Waals surface area contributed by atoms with Gasteiger partial charge >= 0.3 is 5.97 Å². The standard InChI is InChI=1S/C6H5NO2.C2H3Cl/c1-2-4-3-7-5(4)6(8)9;1-2-3/h2-3H,1H2,(H,8,9);2H,1H2. The molecule has 64 valence electrons. The number of aliphatic imine (C=N–C) groups is 1. The Bertz CT molecular complexity index is 266. The summed E-state index contributed by atoms with van der Waals surface area (Å²) in [5.74, 6) is -0.993. The van der Waals surface area contributed by atoms with Crippen molar-refractivity contribution in [2.45, 2.75) is 0 Å². The molecule has 12 heavy (non-hydrogen) atoms. The number of aliphatic carboxylic acids is 1. The number of hydrogen-bond donors (Lipinski definition) is 1. The van der Waals surface area contributed by atoms with Crippen molar-refractivity contribution in [2.75, 3.05) is 0 Å². The van der Waals surface area contributed by atoms with E-state index in [4.69, 9.17) is 16.7 Å². The molecule has 3 nitrogen and oxygen atoms in total. The fraction of sp³-hybridized carbons (Fsp3) is 0. The first-order valence-corrected chi connectivity index (χ1v) is 3.46. The van der Waals surface area contributed by atoms with E-state index >= 15 is 0 Å². The van der Waals surface area contributed by atoms with Crippen LogP contribution in [0.4, 0.5) is 0 Å². The first kappa shape index (κ1) is 10.7. The zero-order valence-corrected chi connectivity index (χ0v) is 7.08. The molecule has 0 spiro atoms. The maximum Gasteiger partial charge on any atom is 0.355 e. The quantitative estimate of drug-likeness (QED) is 0.715. The van der Waals surface area contributed by atoms with Crippen LogP contribution in [0.1, 0.15) is 0 Å². The van der Waals surface area contributed by atoms with Crippen LogP contribution in [0.2, 0.25) is 0 Å². The van der Waals surface area contributed by atoms with E-state index in [1.165, 1.54) is 17.8 Å². The molecule has 0 saturated heterocycles. The minimum absolute atomic E-state index is 0.102. The minimum Gasteiger partial charge on any atom is -0.476 e. The minimum atomic E-state index is -0.993. The fourth-order valence-corrected chi connectivity index (χ4v) is 0.532. The number of hydrogen-bond acceptors (Lipinski definition) is 2. The molecule has 1 aliphatic heterocycles. The van der Waals surface area contributed by atoms with Gasteiger partial charge in [0.2, 0.25) is 0 Å². The summed E-state index contributed by atoms with van der Waals surface area (Å²) in [6, 6.07) is 0. The van der Waals surface area contributed by atoms with Gasteiger partial charge in [-0.05, 0) is 5.54 Å². The normalized spacial score (nSPS) is 12.4. The van der Waals surface area contributed by atoms with Gasteiger partial charge in [-0.25, -0.2) is 9.79 Å². The average Bonchev–Trinajstić information content (AvgIpc) is 1.85. The summed E-state index contributed by atoms with van der Waals surface area (Å²) in [4.78, 5) is 13.6. The van der Waals surface area contributed by atoms with Crippen LogP contribution in [0.5, 0.6) is 0 Å². The van der Waals surface area contributed by atoms with Gasteiger partial charge in [-0.1, -0.05) is 30.8 Å². The first-order valence-electron chi connectivity index (χ1n) is 3.02. The average molecular weight is 186 g/mol. The third-order valence-corrected chi connectivity index (χ3v) is 1.03. The SMILES string of the molecule is C=CC1=CN=C1C(=O)O.C=CCl. The molecule has 0 fully saturated rings. The van der Waals surface area contributed by atoms with Crippen molar-refractivity contribution in [1.29, 1.82) is 0 Å². The van der Waals surface area contributed by atoms with Gasteiger partial charge in [0, 0.05) is 11.8 Å². The number of carboxylic acid groups (broad SMARTS) is 1. The smallest absolute Gasteiger partial charge is 0.355 e. The molecule has 0 aliphatic carbocycles. The van der Waals surface area contributed by atoms with E-state index in [2.05, 4.69) is 18.2 Å². The van der Waals surface area contributed by atoms with E-state index in [9.17, 15) is 4.79 Å². The Balaban J connectivity index is 0.000000354. The largest absolute Gasteiger partial charge is 0.476 e. The molecule has 0 aromatic carbocycles. The second-order valence-electron chi connectivity index (χ2n) is 1.73. The van der Waals surface area contributed by atoms with E-state index in [-0.39, 0.29) is 5.71 Å². The highest BCUT2D eigenvalue weighted by molar-refractivity contribution is 6.45. The second-order valence-corrected chi connectivity index (χ2v) is 2.03. The number of nitrogens with zero attached hydrogens (tertiary/aromatic N) is 1. The lowest BCUT2D eigenvalue weighted by atomic mass is 10.1. The van der Waals surface area contributed by atoms with Crippen LogP contribution >= 0.6 is 11.6 Å². The van der Waals surface area contributed by atoms with E-state index in [0.717, 1.165) is 0 Å².